The number of amides is 1. The summed E-state index contributed by atoms with van der Waals surface area (Å²) in [5.41, 5.74) is 8.98. The lowest BCUT2D eigenvalue weighted by Gasteiger charge is -2.35. The Bertz CT molecular complexity index is 746. The molecule has 0 radical (unpaired) electrons. The highest BCUT2D eigenvalue weighted by Gasteiger charge is 2.38. The molecule has 1 saturated carbocycles. The van der Waals surface area contributed by atoms with Crippen molar-refractivity contribution in [2.45, 2.75) is 44.1 Å². The van der Waals surface area contributed by atoms with Gasteiger partial charge in [-0.15, -0.1) is 0 Å². The number of aryl methyl sites for hydroxylation is 1. The predicted molar refractivity (Wildman–Crippen MR) is 92.4 cm³/mol. The molecule has 0 bridgehead atoms. The van der Waals surface area contributed by atoms with Crippen LogP contribution in [0.3, 0.4) is 0 Å². The van der Waals surface area contributed by atoms with Crippen molar-refractivity contribution in [3.8, 4) is 11.4 Å². The molecule has 2 aromatic rings. The molecule has 3 N–H and O–H groups in total. The SMILES string of the molecule is Cn1nc(-c2ccccn2)c2c1NC(=O)C[C@@H]2C1CCC(N)CC1. The highest BCUT2D eigenvalue weighted by molar-refractivity contribution is 5.95. The van der Waals surface area contributed by atoms with Crippen LogP contribution in [0, 0.1) is 5.92 Å². The maximum atomic E-state index is 12.2. The number of carbonyl (C=O) groups excluding carboxylic acids is 1. The maximum Gasteiger partial charge on any atom is 0.226 e. The third-order valence-corrected chi connectivity index (χ3v) is 5.41. The van der Waals surface area contributed by atoms with Crippen molar-refractivity contribution < 1.29 is 4.79 Å². The second-order valence-corrected chi connectivity index (χ2v) is 6.98. The molecule has 1 aliphatic carbocycles. The minimum absolute atomic E-state index is 0.0814. The third-order valence-electron chi connectivity index (χ3n) is 5.41. The first-order chi connectivity index (χ1) is 11.6. The monoisotopic (exact) mass is 325 g/mol. The summed E-state index contributed by atoms with van der Waals surface area (Å²) in [4.78, 5) is 16.7. The summed E-state index contributed by atoms with van der Waals surface area (Å²) < 4.78 is 1.78. The second kappa shape index (κ2) is 6.02. The molecule has 1 aliphatic heterocycles. The number of carbonyl (C=O) groups is 1. The molecule has 0 spiro atoms. The smallest absolute Gasteiger partial charge is 0.226 e. The summed E-state index contributed by atoms with van der Waals surface area (Å²) in [7, 11) is 1.88. The minimum atomic E-state index is 0.0814. The van der Waals surface area contributed by atoms with E-state index in [1.807, 2.05) is 25.2 Å². The van der Waals surface area contributed by atoms with Crippen LogP contribution in [-0.4, -0.2) is 26.7 Å². The lowest BCUT2D eigenvalue weighted by Crippen LogP contribution is -2.33. The van der Waals surface area contributed by atoms with Gasteiger partial charge in [0.2, 0.25) is 5.91 Å². The number of nitrogens with zero attached hydrogens (tertiary/aromatic N) is 3. The first kappa shape index (κ1) is 15.3. The molecule has 0 aromatic carbocycles. The zero-order valence-electron chi connectivity index (χ0n) is 13.9. The molecule has 6 heteroatoms. The van der Waals surface area contributed by atoms with Gasteiger partial charge in [0.15, 0.2) is 0 Å². The summed E-state index contributed by atoms with van der Waals surface area (Å²) >= 11 is 0. The molecule has 24 heavy (non-hydrogen) atoms. The fourth-order valence-electron chi connectivity index (χ4n) is 4.17. The van der Waals surface area contributed by atoms with Crippen molar-refractivity contribution >= 4 is 11.7 Å². The van der Waals surface area contributed by atoms with E-state index < -0.39 is 0 Å². The molecule has 2 aromatic heterocycles. The van der Waals surface area contributed by atoms with Crippen LogP contribution >= 0.6 is 0 Å². The van der Waals surface area contributed by atoms with Crippen molar-refractivity contribution in [2.24, 2.45) is 18.7 Å². The van der Waals surface area contributed by atoms with Crippen molar-refractivity contribution in [1.29, 1.82) is 0 Å². The second-order valence-electron chi connectivity index (χ2n) is 6.98. The molecule has 0 unspecified atom stereocenters. The van der Waals surface area contributed by atoms with Crippen LogP contribution in [0.4, 0.5) is 5.82 Å². The van der Waals surface area contributed by atoms with Gasteiger partial charge in [-0.25, -0.2) is 0 Å². The number of hydrogen-bond donors (Lipinski definition) is 2. The van der Waals surface area contributed by atoms with E-state index >= 15 is 0 Å². The molecular weight excluding hydrogens is 302 g/mol. The topological polar surface area (TPSA) is 85.8 Å². The van der Waals surface area contributed by atoms with E-state index in [2.05, 4.69) is 15.4 Å². The van der Waals surface area contributed by atoms with E-state index in [-0.39, 0.29) is 11.8 Å². The Morgan fingerprint density at radius 1 is 1.25 bits per heavy atom. The Hall–Kier alpha value is -2.21. The Morgan fingerprint density at radius 2 is 2.04 bits per heavy atom. The highest BCUT2D eigenvalue weighted by atomic mass is 16.1. The van der Waals surface area contributed by atoms with Crippen LogP contribution in [0.15, 0.2) is 24.4 Å². The number of anilines is 1. The number of nitrogens with one attached hydrogen (secondary N) is 1. The van der Waals surface area contributed by atoms with E-state index in [0.29, 0.717) is 18.4 Å². The van der Waals surface area contributed by atoms with Crippen LogP contribution in [0.1, 0.15) is 43.6 Å². The number of fused-ring (bicyclic) bond motifs is 1. The van der Waals surface area contributed by atoms with E-state index in [1.54, 1.807) is 10.9 Å². The van der Waals surface area contributed by atoms with Crippen LogP contribution in [0.2, 0.25) is 0 Å². The van der Waals surface area contributed by atoms with Crippen LogP contribution in [0.25, 0.3) is 11.4 Å². The van der Waals surface area contributed by atoms with Gasteiger partial charge in [-0.1, -0.05) is 6.07 Å². The number of nitrogens with two attached hydrogens (primary N) is 1. The van der Waals surface area contributed by atoms with Crippen LogP contribution < -0.4 is 11.1 Å². The predicted octanol–water partition coefficient (Wildman–Crippen LogP) is 2.43. The van der Waals surface area contributed by atoms with Gasteiger partial charge in [-0.2, -0.15) is 5.10 Å². The fourth-order valence-corrected chi connectivity index (χ4v) is 4.17. The summed E-state index contributed by atoms with van der Waals surface area (Å²) in [6.07, 6.45) is 6.55. The van der Waals surface area contributed by atoms with Gasteiger partial charge in [0.05, 0.1) is 5.69 Å². The zero-order valence-corrected chi connectivity index (χ0v) is 13.9. The van der Waals surface area contributed by atoms with Gasteiger partial charge in [0.25, 0.3) is 0 Å². The van der Waals surface area contributed by atoms with E-state index in [4.69, 9.17) is 5.73 Å². The number of pyridine rings is 1. The zero-order chi connectivity index (χ0) is 16.7. The van der Waals surface area contributed by atoms with E-state index in [9.17, 15) is 4.79 Å². The number of rotatable bonds is 2. The highest BCUT2D eigenvalue weighted by Crippen LogP contribution is 2.46. The van der Waals surface area contributed by atoms with E-state index in [1.165, 1.54) is 0 Å². The van der Waals surface area contributed by atoms with Crippen molar-refractivity contribution in [3.05, 3.63) is 30.0 Å². The Labute approximate surface area is 141 Å². The molecule has 1 fully saturated rings. The van der Waals surface area contributed by atoms with Gasteiger partial charge >= 0.3 is 0 Å². The Balaban J connectivity index is 1.78. The summed E-state index contributed by atoms with van der Waals surface area (Å²) in [6, 6.07) is 6.16. The summed E-state index contributed by atoms with van der Waals surface area (Å²) in [6.45, 7) is 0. The quantitative estimate of drug-likeness (QED) is 0.888. The van der Waals surface area contributed by atoms with Gasteiger partial charge in [0.1, 0.15) is 11.5 Å². The van der Waals surface area contributed by atoms with Gasteiger partial charge in [-0.05, 0) is 43.7 Å². The lowest BCUT2D eigenvalue weighted by molar-refractivity contribution is -0.117. The Morgan fingerprint density at radius 3 is 2.75 bits per heavy atom. The normalized spacial score (nSPS) is 26.8. The first-order valence-corrected chi connectivity index (χ1v) is 8.67. The lowest BCUT2D eigenvalue weighted by atomic mass is 9.72. The summed E-state index contributed by atoms with van der Waals surface area (Å²) in [5, 5.41) is 7.68. The fraction of sp³-hybridized carbons (Fsp3) is 0.500. The molecule has 126 valence electrons. The van der Waals surface area contributed by atoms with Crippen molar-refractivity contribution in [1.82, 2.24) is 14.8 Å². The minimum Gasteiger partial charge on any atom is -0.328 e. The number of aromatic nitrogens is 3. The third kappa shape index (κ3) is 2.60. The molecule has 3 heterocycles. The first-order valence-electron chi connectivity index (χ1n) is 8.67. The van der Waals surface area contributed by atoms with Gasteiger partial charge < -0.3 is 11.1 Å². The van der Waals surface area contributed by atoms with Gasteiger partial charge in [-0.3, -0.25) is 14.5 Å². The molecule has 1 amide bonds. The molecule has 2 aliphatic rings. The van der Waals surface area contributed by atoms with E-state index in [0.717, 1.165) is 48.5 Å². The Kier molecular flexibility index (Phi) is 3.84. The van der Waals surface area contributed by atoms with Crippen molar-refractivity contribution in [2.75, 3.05) is 5.32 Å². The number of hydrogen-bond acceptors (Lipinski definition) is 4. The summed E-state index contributed by atoms with van der Waals surface area (Å²) in [5.74, 6) is 1.60. The largest absolute Gasteiger partial charge is 0.328 e. The molecule has 6 nitrogen and oxygen atoms in total. The van der Waals surface area contributed by atoms with Crippen LogP contribution in [0.5, 0.6) is 0 Å². The standard InChI is InChI=1S/C18H23N5O/c1-23-18-16(17(22-23)14-4-2-3-9-20-14)13(10-15(24)21-18)11-5-7-12(19)8-6-11/h2-4,9,11-13H,5-8,10,19H2,1H3,(H,21,24)/t11?,12?,13-/m1/s1. The average Bonchev–Trinajstić information content (AvgIpc) is 2.93. The van der Waals surface area contributed by atoms with Crippen LogP contribution in [-0.2, 0) is 11.8 Å². The van der Waals surface area contributed by atoms with Gasteiger partial charge in [0, 0.05) is 37.2 Å². The maximum absolute atomic E-state index is 12.2. The van der Waals surface area contributed by atoms with Crippen molar-refractivity contribution in [3.63, 3.8) is 0 Å². The average molecular weight is 325 g/mol. The molecular formula is C18H23N5O. The molecule has 1 atom stereocenters. The molecule has 4 rings (SSSR count). The molecule has 0 saturated heterocycles.